The Morgan fingerprint density at radius 1 is 1.33 bits per heavy atom. The third kappa shape index (κ3) is 2.85. The normalized spacial score (nSPS) is 11.0. The molecule has 0 spiro atoms. The molecule has 3 nitrogen and oxygen atoms in total. The predicted molar refractivity (Wildman–Crippen MR) is 73.1 cm³/mol. The van der Waals surface area contributed by atoms with Gasteiger partial charge in [-0.05, 0) is 43.5 Å². The lowest BCUT2D eigenvalue weighted by Gasteiger charge is -2.03. The molecule has 1 N–H and O–H groups in total. The summed E-state index contributed by atoms with van der Waals surface area (Å²) >= 11 is 5.97. The number of benzene rings is 1. The van der Waals surface area contributed by atoms with Crippen LogP contribution in [0.4, 0.5) is 0 Å². The Morgan fingerprint density at radius 3 is 2.83 bits per heavy atom. The summed E-state index contributed by atoms with van der Waals surface area (Å²) in [5.41, 5.74) is 2.38. The summed E-state index contributed by atoms with van der Waals surface area (Å²) in [5, 5.41) is 10.5. The zero-order chi connectivity index (χ0) is 13.1. The van der Waals surface area contributed by atoms with Gasteiger partial charge in [0.2, 0.25) is 0 Å². The molecule has 0 aliphatic rings. The van der Waals surface area contributed by atoms with Crippen LogP contribution in [0.15, 0.2) is 24.3 Å². The van der Waals surface area contributed by atoms with Crippen LogP contribution in [0.3, 0.4) is 0 Å². The molecular weight excluding hydrogens is 250 g/mol. The van der Waals surface area contributed by atoms with Crippen LogP contribution >= 0.6 is 11.6 Å². The van der Waals surface area contributed by atoms with E-state index in [4.69, 9.17) is 16.7 Å². The molecular formula is C14H16ClNO2. The van der Waals surface area contributed by atoms with Gasteiger partial charge in [0.1, 0.15) is 0 Å². The smallest absolute Gasteiger partial charge is 0.303 e. The van der Waals surface area contributed by atoms with Gasteiger partial charge in [0.15, 0.2) is 0 Å². The molecule has 96 valence electrons. The van der Waals surface area contributed by atoms with Crippen LogP contribution in [-0.4, -0.2) is 15.6 Å². The highest BCUT2D eigenvalue weighted by molar-refractivity contribution is 6.31. The summed E-state index contributed by atoms with van der Waals surface area (Å²) in [6, 6.07) is 7.98. The van der Waals surface area contributed by atoms with Crippen molar-refractivity contribution in [1.82, 2.24) is 4.57 Å². The number of hydrogen-bond donors (Lipinski definition) is 1. The molecule has 0 bridgehead atoms. The van der Waals surface area contributed by atoms with E-state index < -0.39 is 5.97 Å². The molecule has 0 aliphatic heterocycles. The van der Waals surface area contributed by atoms with Crippen molar-refractivity contribution in [1.29, 1.82) is 0 Å². The van der Waals surface area contributed by atoms with E-state index >= 15 is 0 Å². The fourth-order valence-corrected chi connectivity index (χ4v) is 2.38. The Morgan fingerprint density at radius 2 is 2.11 bits per heavy atom. The van der Waals surface area contributed by atoms with Gasteiger partial charge in [0.25, 0.3) is 0 Å². The molecule has 0 saturated heterocycles. The molecule has 18 heavy (non-hydrogen) atoms. The topological polar surface area (TPSA) is 42.2 Å². The first-order valence-corrected chi connectivity index (χ1v) is 6.41. The number of unbranched alkanes of at least 4 members (excludes halogenated alkanes) is 1. The number of aryl methyl sites for hydroxylation is 2. The molecule has 0 radical (unpaired) electrons. The Balaban J connectivity index is 2.09. The van der Waals surface area contributed by atoms with Crippen LogP contribution < -0.4 is 0 Å². The molecule has 0 fully saturated rings. The van der Waals surface area contributed by atoms with Gasteiger partial charge in [0.05, 0.1) is 0 Å². The molecule has 0 saturated carbocycles. The zero-order valence-corrected chi connectivity index (χ0v) is 11.1. The molecule has 1 aromatic carbocycles. The van der Waals surface area contributed by atoms with E-state index in [9.17, 15) is 4.79 Å². The lowest BCUT2D eigenvalue weighted by molar-refractivity contribution is -0.137. The Hall–Kier alpha value is -1.48. The van der Waals surface area contributed by atoms with Crippen LogP contribution in [0.1, 0.15) is 25.0 Å². The predicted octanol–water partition coefficient (Wildman–Crippen LogP) is 3.63. The molecule has 2 aromatic rings. The van der Waals surface area contributed by atoms with E-state index in [-0.39, 0.29) is 6.42 Å². The van der Waals surface area contributed by atoms with Crippen LogP contribution in [0.5, 0.6) is 0 Å². The maximum absolute atomic E-state index is 10.4. The van der Waals surface area contributed by atoms with Gasteiger partial charge in [-0.15, -0.1) is 0 Å². The monoisotopic (exact) mass is 265 g/mol. The number of carbonyl (C=O) groups is 1. The van der Waals surface area contributed by atoms with Gasteiger partial charge >= 0.3 is 5.97 Å². The molecule has 0 amide bonds. The average molecular weight is 266 g/mol. The Labute approximate surface area is 111 Å². The standard InChI is InChI=1S/C14H16ClNO2/c1-16-12(4-2-3-5-14(17)18)9-10-8-11(15)6-7-13(10)16/h6-9H,2-5H2,1H3,(H,17,18). The van der Waals surface area contributed by atoms with Crippen molar-refractivity contribution in [2.24, 2.45) is 7.05 Å². The van der Waals surface area contributed by atoms with E-state index in [1.807, 2.05) is 25.2 Å². The number of fused-ring (bicyclic) bond motifs is 1. The van der Waals surface area contributed by atoms with Crippen LogP contribution in [0.25, 0.3) is 10.9 Å². The van der Waals surface area contributed by atoms with Crippen LogP contribution in [0, 0.1) is 0 Å². The number of carboxylic acids is 1. The first-order chi connectivity index (χ1) is 8.58. The second-order valence-corrected chi connectivity index (χ2v) is 4.94. The zero-order valence-electron chi connectivity index (χ0n) is 10.3. The fourth-order valence-electron chi connectivity index (χ4n) is 2.20. The first-order valence-electron chi connectivity index (χ1n) is 6.03. The largest absolute Gasteiger partial charge is 0.481 e. The highest BCUT2D eigenvalue weighted by Gasteiger charge is 2.06. The maximum Gasteiger partial charge on any atom is 0.303 e. The van der Waals surface area contributed by atoms with Gasteiger partial charge in [0, 0.05) is 35.1 Å². The highest BCUT2D eigenvalue weighted by Crippen LogP contribution is 2.23. The molecule has 0 aliphatic carbocycles. The third-order valence-corrected chi connectivity index (χ3v) is 3.41. The number of aromatic nitrogens is 1. The van der Waals surface area contributed by atoms with Crippen LogP contribution in [-0.2, 0) is 18.3 Å². The summed E-state index contributed by atoms with van der Waals surface area (Å²) in [6.07, 6.45) is 2.76. The van der Waals surface area contributed by atoms with Crippen molar-refractivity contribution in [2.45, 2.75) is 25.7 Å². The SMILES string of the molecule is Cn1c(CCCCC(=O)O)cc2cc(Cl)ccc21. The summed E-state index contributed by atoms with van der Waals surface area (Å²) in [5.74, 6) is -0.723. The average Bonchev–Trinajstić information content (AvgIpc) is 2.61. The van der Waals surface area contributed by atoms with Gasteiger partial charge in [-0.1, -0.05) is 11.6 Å². The summed E-state index contributed by atoms with van der Waals surface area (Å²) < 4.78 is 2.15. The molecule has 1 heterocycles. The van der Waals surface area contributed by atoms with E-state index in [0.29, 0.717) is 0 Å². The van der Waals surface area contributed by atoms with Crippen molar-refractivity contribution >= 4 is 28.5 Å². The fraction of sp³-hybridized carbons (Fsp3) is 0.357. The van der Waals surface area contributed by atoms with Gasteiger partial charge in [-0.3, -0.25) is 4.79 Å². The molecule has 2 rings (SSSR count). The van der Waals surface area contributed by atoms with Crippen molar-refractivity contribution in [3.8, 4) is 0 Å². The molecule has 0 unspecified atom stereocenters. The number of hydrogen-bond acceptors (Lipinski definition) is 1. The molecule has 1 aromatic heterocycles. The first kappa shape index (κ1) is 13.0. The number of carboxylic acid groups (broad SMARTS) is 1. The lowest BCUT2D eigenvalue weighted by atomic mass is 10.1. The number of rotatable bonds is 5. The van der Waals surface area contributed by atoms with Crippen molar-refractivity contribution in [3.05, 3.63) is 35.0 Å². The van der Waals surface area contributed by atoms with Gasteiger partial charge in [-0.25, -0.2) is 0 Å². The third-order valence-electron chi connectivity index (χ3n) is 3.18. The Bertz CT molecular complexity index is 574. The minimum atomic E-state index is -0.723. The molecule has 4 heteroatoms. The second-order valence-electron chi connectivity index (χ2n) is 4.50. The molecule has 0 atom stereocenters. The summed E-state index contributed by atoms with van der Waals surface area (Å²) in [6.45, 7) is 0. The number of aliphatic carboxylic acids is 1. The minimum Gasteiger partial charge on any atom is -0.481 e. The second kappa shape index (κ2) is 5.44. The minimum absolute atomic E-state index is 0.246. The summed E-state index contributed by atoms with van der Waals surface area (Å²) in [4.78, 5) is 10.4. The maximum atomic E-state index is 10.4. The van der Waals surface area contributed by atoms with Crippen molar-refractivity contribution in [2.75, 3.05) is 0 Å². The number of halogens is 1. The Kier molecular flexibility index (Phi) is 3.92. The summed E-state index contributed by atoms with van der Waals surface area (Å²) in [7, 11) is 2.03. The van der Waals surface area contributed by atoms with E-state index in [0.717, 1.165) is 35.2 Å². The number of nitrogens with zero attached hydrogens (tertiary/aromatic N) is 1. The van der Waals surface area contributed by atoms with Gasteiger partial charge in [-0.2, -0.15) is 0 Å². The lowest BCUT2D eigenvalue weighted by Crippen LogP contribution is -1.98. The van der Waals surface area contributed by atoms with Crippen LogP contribution in [0.2, 0.25) is 5.02 Å². The van der Waals surface area contributed by atoms with E-state index in [1.54, 1.807) is 0 Å². The highest BCUT2D eigenvalue weighted by atomic mass is 35.5. The van der Waals surface area contributed by atoms with Crippen molar-refractivity contribution in [3.63, 3.8) is 0 Å². The van der Waals surface area contributed by atoms with E-state index in [2.05, 4.69) is 10.6 Å². The quantitative estimate of drug-likeness (QED) is 0.839. The van der Waals surface area contributed by atoms with Crippen molar-refractivity contribution < 1.29 is 9.90 Å². The van der Waals surface area contributed by atoms with E-state index in [1.165, 1.54) is 5.69 Å². The van der Waals surface area contributed by atoms with Gasteiger partial charge < -0.3 is 9.67 Å².